The van der Waals surface area contributed by atoms with Crippen LogP contribution in [-0.2, 0) is 0 Å². The normalized spacial score (nSPS) is 17.8. The summed E-state index contributed by atoms with van der Waals surface area (Å²) < 4.78 is 36.0. The van der Waals surface area contributed by atoms with Crippen LogP contribution in [0.1, 0.15) is 0 Å². The van der Waals surface area contributed by atoms with E-state index in [0.29, 0.717) is 12.4 Å². The Hall–Kier alpha value is -3.40. The molecule has 0 radical (unpaired) electrons. The van der Waals surface area contributed by atoms with Crippen molar-refractivity contribution < 1.29 is 28.5 Å². The topological polar surface area (TPSA) is 99.0 Å². The van der Waals surface area contributed by atoms with Crippen LogP contribution in [-0.4, -0.2) is 63.5 Å². The second-order valence-electron chi connectivity index (χ2n) is 7.27. The van der Waals surface area contributed by atoms with Gasteiger partial charge in [0.15, 0.2) is 11.6 Å². The van der Waals surface area contributed by atoms with Gasteiger partial charge < -0.3 is 24.7 Å². The van der Waals surface area contributed by atoms with Crippen molar-refractivity contribution in [3.8, 4) is 22.6 Å². The molecule has 0 saturated carbocycles. The minimum Gasteiger partial charge on any atom is -0.507 e. The van der Waals surface area contributed by atoms with Gasteiger partial charge >= 0.3 is 6.09 Å². The van der Waals surface area contributed by atoms with Gasteiger partial charge in [-0.1, -0.05) is 17.7 Å². The van der Waals surface area contributed by atoms with Crippen molar-refractivity contribution in [1.29, 1.82) is 0 Å². The first-order valence-electron chi connectivity index (χ1n) is 9.39. The Bertz CT molecular complexity index is 1220. The van der Waals surface area contributed by atoms with Gasteiger partial charge in [0, 0.05) is 25.2 Å². The Labute approximate surface area is 179 Å². The number of hydrogen-bond donors (Lipinski definition) is 2. The maximum Gasteiger partial charge on any atom is 0.407 e. The second kappa shape index (κ2) is 7.09. The van der Waals surface area contributed by atoms with Crippen LogP contribution in [0, 0.1) is 11.6 Å². The van der Waals surface area contributed by atoms with E-state index in [1.807, 2.05) is 4.90 Å². The summed E-state index contributed by atoms with van der Waals surface area (Å²) in [4.78, 5) is 22.9. The predicted molar refractivity (Wildman–Crippen MR) is 108 cm³/mol. The number of carbonyl (C=O) groups is 1. The van der Waals surface area contributed by atoms with Crippen LogP contribution in [0.4, 0.5) is 19.4 Å². The maximum absolute atomic E-state index is 15.7. The van der Waals surface area contributed by atoms with Crippen LogP contribution in [0.25, 0.3) is 22.0 Å². The Morgan fingerprint density at radius 2 is 2.03 bits per heavy atom. The number of aromatic nitrogens is 2. The van der Waals surface area contributed by atoms with E-state index in [1.54, 1.807) is 0 Å². The predicted octanol–water partition coefficient (Wildman–Crippen LogP) is 3.50. The third kappa shape index (κ3) is 2.89. The molecule has 1 atom stereocenters. The van der Waals surface area contributed by atoms with Crippen molar-refractivity contribution in [2.75, 3.05) is 31.1 Å². The summed E-state index contributed by atoms with van der Waals surface area (Å²) in [6.07, 6.45) is 0.197. The zero-order valence-corrected chi connectivity index (χ0v) is 16.6. The molecule has 3 aromatic rings. The molecular formula is C20H15ClF2N4O4. The minimum absolute atomic E-state index is 0.0313. The Balaban J connectivity index is 1.75. The summed E-state index contributed by atoms with van der Waals surface area (Å²) in [6.45, 7) is 0.673. The number of phenolic OH excluding ortho intramolecular Hbond substituents is 1. The summed E-state index contributed by atoms with van der Waals surface area (Å²) in [5, 5.41) is 19.5. The van der Waals surface area contributed by atoms with Crippen LogP contribution >= 0.6 is 11.6 Å². The molecule has 0 unspecified atom stereocenters. The lowest BCUT2D eigenvalue weighted by Crippen LogP contribution is -2.56. The van der Waals surface area contributed by atoms with Crippen LogP contribution in [0.15, 0.2) is 24.5 Å². The average Bonchev–Trinajstić information content (AvgIpc) is 2.91. The first-order chi connectivity index (χ1) is 14.9. The van der Waals surface area contributed by atoms with E-state index in [9.17, 15) is 19.4 Å². The number of piperazine rings is 1. The number of amides is 1. The molecule has 11 heteroatoms. The van der Waals surface area contributed by atoms with E-state index < -0.39 is 35.1 Å². The van der Waals surface area contributed by atoms with Gasteiger partial charge in [0.2, 0.25) is 0 Å². The molecule has 2 aliphatic heterocycles. The number of ether oxygens (including phenoxy) is 1. The number of hydrogen-bond acceptors (Lipinski definition) is 6. The third-order valence-corrected chi connectivity index (χ3v) is 5.96. The molecule has 0 bridgehead atoms. The highest BCUT2D eigenvalue weighted by Gasteiger charge is 2.37. The van der Waals surface area contributed by atoms with Gasteiger partial charge in [0.25, 0.3) is 0 Å². The summed E-state index contributed by atoms with van der Waals surface area (Å²) in [5.74, 6) is -2.15. The highest BCUT2D eigenvalue weighted by molar-refractivity contribution is 6.38. The van der Waals surface area contributed by atoms with Crippen molar-refractivity contribution in [3.63, 3.8) is 0 Å². The number of phenols is 1. The number of anilines is 1. The van der Waals surface area contributed by atoms with Crippen LogP contribution in [0.3, 0.4) is 0 Å². The van der Waals surface area contributed by atoms with Gasteiger partial charge in [0.05, 0.1) is 27.5 Å². The van der Waals surface area contributed by atoms with E-state index in [4.69, 9.17) is 16.3 Å². The van der Waals surface area contributed by atoms with Crippen molar-refractivity contribution in [2.45, 2.75) is 6.04 Å². The number of fused-ring (bicyclic) bond motifs is 2. The molecule has 0 aliphatic carbocycles. The van der Waals surface area contributed by atoms with Gasteiger partial charge in [-0.2, -0.15) is 0 Å². The molecule has 2 aromatic carbocycles. The van der Waals surface area contributed by atoms with E-state index in [-0.39, 0.29) is 46.9 Å². The Kier molecular flexibility index (Phi) is 4.47. The number of rotatable bonds is 1. The van der Waals surface area contributed by atoms with Crippen molar-refractivity contribution >= 4 is 34.4 Å². The summed E-state index contributed by atoms with van der Waals surface area (Å²) in [5.41, 5.74) is -0.621. The van der Waals surface area contributed by atoms with E-state index >= 15 is 4.39 Å². The molecule has 5 rings (SSSR count). The molecule has 8 nitrogen and oxygen atoms in total. The number of benzene rings is 2. The Morgan fingerprint density at radius 1 is 1.23 bits per heavy atom. The lowest BCUT2D eigenvalue weighted by atomic mass is 10.00. The molecule has 2 aliphatic rings. The molecule has 1 amide bonds. The number of nitrogens with zero attached hydrogens (tertiary/aromatic N) is 4. The molecular weight excluding hydrogens is 434 g/mol. The number of carboxylic acid groups (broad SMARTS) is 1. The van der Waals surface area contributed by atoms with Gasteiger partial charge in [0.1, 0.15) is 30.3 Å². The lowest BCUT2D eigenvalue weighted by Gasteiger charge is -2.39. The molecule has 0 spiro atoms. The first-order valence-corrected chi connectivity index (χ1v) is 9.77. The van der Waals surface area contributed by atoms with Crippen LogP contribution in [0.5, 0.6) is 11.5 Å². The number of aromatic hydroxyl groups is 1. The van der Waals surface area contributed by atoms with Crippen LogP contribution in [0.2, 0.25) is 5.02 Å². The quantitative estimate of drug-likeness (QED) is 0.588. The highest BCUT2D eigenvalue weighted by atomic mass is 35.5. The van der Waals surface area contributed by atoms with E-state index in [1.165, 1.54) is 23.4 Å². The second-order valence-corrected chi connectivity index (χ2v) is 7.65. The lowest BCUT2D eigenvalue weighted by molar-refractivity contribution is 0.127. The van der Waals surface area contributed by atoms with E-state index in [2.05, 4.69) is 9.97 Å². The fourth-order valence-electron chi connectivity index (χ4n) is 4.15. The first kappa shape index (κ1) is 19.6. The minimum atomic E-state index is -1.05. The standard InChI is InChI=1S/C20H15ClF2N4O4/c21-15-13(12-10(22)2-1-3-11(12)28)16(23)18-14-17(15)24-8-25-19(14)27-5-4-26(20(29)30)6-9(27)7-31-18/h1-3,8-9,28H,4-7H2,(H,29,30)/t9-/m0/s1. The zero-order valence-electron chi connectivity index (χ0n) is 15.8. The van der Waals surface area contributed by atoms with Crippen molar-refractivity contribution in [3.05, 3.63) is 41.2 Å². The smallest absolute Gasteiger partial charge is 0.407 e. The fourth-order valence-corrected chi connectivity index (χ4v) is 4.47. The molecule has 1 saturated heterocycles. The molecule has 1 aromatic heterocycles. The van der Waals surface area contributed by atoms with Gasteiger partial charge in [-0.15, -0.1) is 0 Å². The molecule has 1 fully saturated rings. The molecule has 160 valence electrons. The number of halogens is 3. The van der Waals surface area contributed by atoms with E-state index in [0.717, 1.165) is 6.07 Å². The molecule has 31 heavy (non-hydrogen) atoms. The fraction of sp³-hybridized carbons (Fsp3) is 0.250. The van der Waals surface area contributed by atoms with Gasteiger partial charge in [-0.05, 0) is 12.1 Å². The molecule has 2 N–H and O–H groups in total. The summed E-state index contributed by atoms with van der Waals surface area (Å²) in [6, 6.07) is 3.18. The van der Waals surface area contributed by atoms with Crippen molar-refractivity contribution in [2.24, 2.45) is 0 Å². The molecule has 3 heterocycles. The summed E-state index contributed by atoms with van der Waals surface area (Å²) in [7, 11) is 0. The monoisotopic (exact) mass is 448 g/mol. The summed E-state index contributed by atoms with van der Waals surface area (Å²) >= 11 is 6.48. The van der Waals surface area contributed by atoms with Gasteiger partial charge in [-0.3, -0.25) is 0 Å². The maximum atomic E-state index is 15.7. The highest BCUT2D eigenvalue weighted by Crippen LogP contribution is 2.48. The largest absolute Gasteiger partial charge is 0.507 e. The van der Waals surface area contributed by atoms with Crippen LogP contribution < -0.4 is 9.64 Å². The Morgan fingerprint density at radius 3 is 2.77 bits per heavy atom. The van der Waals surface area contributed by atoms with Gasteiger partial charge in [-0.25, -0.2) is 23.5 Å². The van der Waals surface area contributed by atoms with Crippen molar-refractivity contribution in [1.82, 2.24) is 14.9 Å². The third-order valence-electron chi connectivity index (χ3n) is 5.59. The zero-order chi connectivity index (χ0) is 21.9. The average molecular weight is 449 g/mol. The SMILES string of the molecule is O=C(O)N1CCN2c3ncnc4c(Cl)c(-c5c(O)cccc5F)c(F)c(c34)OC[C@@H]2C1.